The molecule has 0 spiro atoms. The maximum atomic E-state index is 12.1. The lowest BCUT2D eigenvalue weighted by Gasteiger charge is -2.08. The summed E-state index contributed by atoms with van der Waals surface area (Å²) in [5.74, 6) is -0.150. The lowest BCUT2D eigenvalue weighted by molar-refractivity contribution is 0.102. The maximum Gasteiger partial charge on any atom is 0.269 e. The summed E-state index contributed by atoms with van der Waals surface area (Å²) in [6.07, 6.45) is 0.705. The van der Waals surface area contributed by atoms with Crippen LogP contribution in [0.2, 0.25) is 0 Å². The van der Waals surface area contributed by atoms with Crippen LogP contribution in [0.1, 0.15) is 27.9 Å². The highest BCUT2D eigenvalue weighted by Gasteiger charge is 2.15. The van der Waals surface area contributed by atoms with Crippen molar-refractivity contribution in [3.05, 3.63) is 38.8 Å². The first-order valence-electron chi connectivity index (χ1n) is 5.50. The highest BCUT2D eigenvalue weighted by Crippen LogP contribution is 2.22. The van der Waals surface area contributed by atoms with Gasteiger partial charge in [-0.2, -0.15) is 0 Å². The predicted molar refractivity (Wildman–Crippen MR) is 76.1 cm³/mol. The third-order valence-corrected chi connectivity index (χ3v) is 3.80. The molecule has 0 fully saturated rings. The average Bonchev–Trinajstić information content (AvgIpc) is 2.82. The smallest absolute Gasteiger partial charge is 0.269 e. The van der Waals surface area contributed by atoms with Gasteiger partial charge in [0.25, 0.3) is 5.91 Å². The van der Waals surface area contributed by atoms with Crippen molar-refractivity contribution in [2.45, 2.75) is 20.3 Å². The molecular weight excluding hydrogens is 314 g/mol. The molecule has 0 aliphatic heterocycles. The van der Waals surface area contributed by atoms with Crippen molar-refractivity contribution in [2.75, 3.05) is 5.32 Å². The molecular formula is C12H12BrN3OS. The van der Waals surface area contributed by atoms with E-state index in [0.717, 1.165) is 32.9 Å². The molecule has 0 aliphatic rings. The van der Waals surface area contributed by atoms with Crippen molar-refractivity contribution in [1.82, 2.24) is 9.59 Å². The second-order valence-electron chi connectivity index (χ2n) is 3.82. The molecule has 1 aromatic heterocycles. The van der Waals surface area contributed by atoms with Crippen molar-refractivity contribution in [2.24, 2.45) is 0 Å². The van der Waals surface area contributed by atoms with Crippen molar-refractivity contribution in [3.63, 3.8) is 0 Å². The molecule has 0 saturated heterocycles. The lowest BCUT2D eigenvalue weighted by atomic mass is 10.2. The Morgan fingerprint density at radius 3 is 3.00 bits per heavy atom. The van der Waals surface area contributed by atoms with Gasteiger partial charge in [-0.25, -0.2) is 0 Å². The highest BCUT2D eigenvalue weighted by atomic mass is 79.9. The summed E-state index contributed by atoms with van der Waals surface area (Å²) in [6.45, 7) is 3.91. The number of aryl methyl sites for hydroxylation is 2. The molecule has 0 aliphatic carbocycles. The minimum absolute atomic E-state index is 0.150. The largest absolute Gasteiger partial charge is 0.321 e. The van der Waals surface area contributed by atoms with Crippen molar-refractivity contribution in [3.8, 4) is 0 Å². The Kier molecular flexibility index (Phi) is 4.08. The van der Waals surface area contributed by atoms with E-state index in [-0.39, 0.29) is 5.91 Å². The summed E-state index contributed by atoms with van der Waals surface area (Å²) < 4.78 is 4.75. The molecule has 1 aromatic carbocycles. The Morgan fingerprint density at radius 1 is 1.50 bits per heavy atom. The van der Waals surface area contributed by atoms with E-state index >= 15 is 0 Å². The van der Waals surface area contributed by atoms with Crippen molar-refractivity contribution in [1.29, 1.82) is 0 Å². The number of amides is 1. The molecule has 0 bridgehead atoms. The van der Waals surface area contributed by atoms with Crippen LogP contribution in [-0.4, -0.2) is 15.5 Å². The van der Waals surface area contributed by atoms with E-state index in [0.29, 0.717) is 11.3 Å². The fraction of sp³-hybridized carbons (Fsp3) is 0.250. The zero-order valence-corrected chi connectivity index (χ0v) is 12.4. The first kappa shape index (κ1) is 13.2. The molecule has 0 saturated carbocycles. The summed E-state index contributed by atoms with van der Waals surface area (Å²) in [6, 6.07) is 5.77. The molecule has 1 N–H and O–H groups in total. The minimum atomic E-state index is -0.150. The van der Waals surface area contributed by atoms with Gasteiger partial charge in [0.15, 0.2) is 0 Å². The molecule has 0 atom stereocenters. The number of hydrogen-bond donors (Lipinski definition) is 1. The standard InChI is InChI=1S/C12H12BrN3OS/c1-3-9-11(18-16-15-9)12(17)14-10-6-8(13)5-4-7(10)2/h4-6H,3H2,1-2H3,(H,14,17). The highest BCUT2D eigenvalue weighted by molar-refractivity contribution is 9.10. The van der Waals surface area contributed by atoms with Crippen LogP contribution >= 0.6 is 27.5 Å². The second kappa shape index (κ2) is 5.58. The van der Waals surface area contributed by atoms with Gasteiger partial charge < -0.3 is 5.32 Å². The van der Waals surface area contributed by atoms with Gasteiger partial charge in [0.05, 0.1) is 5.69 Å². The normalized spacial score (nSPS) is 10.4. The fourth-order valence-electron chi connectivity index (χ4n) is 1.52. The van der Waals surface area contributed by atoms with E-state index in [1.165, 1.54) is 0 Å². The Hall–Kier alpha value is -1.27. The quantitative estimate of drug-likeness (QED) is 0.940. The summed E-state index contributed by atoms with van der Waals surface area (Å²) in [7, 11) is 0. The number of carbonyl (C=O) groups excluding carboxylic acids is 1. The fourth-order valence-corrected chi connectivity index (χ4v) is 2.53. The Labute approximate surface area is 118 Å². The number of halogens is 1. The Morgan fingerprint density at radius 2 is 2.28 bits per heavy atom. The number of anilines is 1. The van der Waals surface area contributed by atoms with Gasteiger partial charge in [-0.15, -0.1) is 5.10 Å². The first-order chi connectivity index (χ1) is 8.61. The maximum absolute atomic E-state index is 12.1. The third-order valence-electron chi connectivity index (χ3n) is 2.54. The molecule has 0 radical (unpaired) electrons. The van der Waals surface area contributed by atoms with E-state index in [1.54, 1.807) is 0 Å². The SMILES string of the molecule is CCc1nnsc1C(=O)Nc1cc(Br)ccc1C. The summed E-state index contributed by atoms with van der Waals surface area (Å²) in [4.78, 5) is 12.7. The number of nitrogens with one attached hydrogen (secondary N) is 1. The van der Waals surface area contributed by atoms with Crippen LogP contribution in [0.3, 0.4) is 0 Å². The van der Waals surface area contributed by atoms with E-state index in [9.17, 15) is 4.79 Å². The Balaban J connectivity index is 2.24. The molecule has 4 nitrogen and oxygen atoms in total. The van der Waals surface area contributed by atoms with E-state index in [4.69, 9.17) is 0 Å². The zero-order valence-electron chi connectivity index (χ0n) is 10.0. The Bertz CT molecular complexity index is 582. The molecule has 6 heteroatoms. The van der Waals surface area contributed by atoms with Gasteiger partial charge in [-0.3, -0.25) is 4.79 Å². The molecule has 2 aromatic rings. The summed E-state index contributed by atoms with van der Waals surface area (Å²) in [5, 5.41) is 6.83. The summed E-state index contributed by atoms with van der Waals surface area (Å²) >= 11 is 4.52. The molecule has 1 heterocycles. The molecule has 2 rings (SSSR count). The number of hydrogen-bond acceptors (Lipinski definition) is 4. The van der Waals surface area contributed by atoms with E-state index in [1.807, 2.05) is 32.0 Å². The van der Waals surface area contributed by atoms with Gasteiger partial charge in [0.1, 0.15) is 4.88 Å². The van der Waals surface area contributed by atoms with E-state index < -0.39 is 0 Å². The minimum Gasteiger partial charge on any atom is -0.321 e. The number of carbonyl (C=O) groups is 1. The van der Waals surface area contributed by atoms with E-state index in [2.05, 4.69) is 30.8 Å². The van der Waals surface area contributed by atoms with Crippen LogP contribution in [0.25, 0.3) is 0 Å². The van der Waals surface area contributed by atoms with Gasteiger partial charge in [0.2, 0.25) is 0 Å². The van der Waals surface area contributed by atoms with Crippen molar-refractivity contribution >= 4 is 39.1 Å². The third kappa shape index (κ3) is 2.76. The zero-order chi connectivity index (χ0) is 13.1. The van der Waals surface area contributed by atoms with Crippen molar-refractivity contribution < 1.29 is 4.79 Å². The average molecular weight is 326 g/mol. The molecule has 1 amide bonds. The number of aromatic nitrogens is 2. The van der Waals surface area contributed by atoms with Crippen LogP contribution in [0.15, 0.2) is 22.7 Å². The lowest BCUT2D eigenvalue weighted by Crippen LogP contribution is -2.13. The van der Waals surface area contributed by atoms with Gasteiger partial charge in [-0.1, -0.05) is 33.4 Å². The monoisotopic (exact) mass is 325 g/mol. The number of nitrogens with zero attached hydrogens (tertiary/aromatic N) is 2. The van der Waals surface area contributed by atoms with Crippen LogP contribution in [0.5, 0.6) is 0 Å². The molecule has 0 unspecified atom stereocenters. The number of rotatable bonds is 3. The second-order valence-corrected chi connectivity index (χ2v) is 5.49. The summed E-state index contributed by atoms with van der Waals surface area (Å²) in [5.41, 5.74) is 2.55. The van der Waals surface area contributed by atoms with Crippen LogP contribution in [0, 0.1) is 6.92 Å². The van der Waals surface area contributed by atoms with Gasteiger partial charge in [-0.05, 0) is 42.6 Å². The first-order valence-corrected chi connectivity index (χ1v) is 7.07. The van der Waals surface area contributed by atoms with Gasteiger partial charge >= 0.3 is 0 Å². The van der Waals surface area contributed by atoms with Crippen LogP contribution < -0.4 is 5.32 Å². The molecule has 94 valence electrons. The number of benzene rings is 1. The van der Waals surface area contributed by atoms with Crippen LogP contribution in [-0.2, 0) is 6.42 Å². The van der Waals surface area contributed by atoms with Gasteiger partial charge in [0, 0.05) is 10.2 Å². The predicted octanol–water partition coefficient (Wildman–Crippen LogP) is 3.42. The van der Waals surface area contributed by atoms with Crippen LogP contribution in [0.4, 0.5) is 5.69 Å². The molecule has 18 heavy (non-hydrogen) atoms. The topological polar surface area (TPSA) is 54.9 Å².